The largest absolute Gasteiger partial charge is 0.325 e. The number of thiophene rings is 1. The van der Waals surface area contributed by atoms with Crippen molar-refractivity contribution in [2.75, 3.05) is 23.3 Å². The van der Waals surface area contributed by atoms with Crippen LogP contribution in [0.15, 0.2) is 53.5 Å². The van der Waals surface area contributed by atoms with Gasteiger partial charge in [0.25, 0.3) is 0 Å². The lowest BCUT2D eigenvalue weighted by molar-refractivity contribution is -0.120. The van der Waals surface area contributed by atoms with Crippen molar-refractivity contribution in [2.24, 2.45) is 4.99 Å². The van der Waals surface area contributed by atoms with Gasteiger partial charge in [0, 0.05) is 26.7 Å². The van der Waals surface area contributed by atoms with Gasteiger partial charge in [-0.3, -0.25) is 19.5 Å². The summed E-state index contributed by atoms with van der Waals surface area (Å²) in [4.78, 5) is 32.7. The molecule has 2 amide bonds. The fourth-order valence-corrected chi connectivity index (χ4v) is 4.77. The van der Waals surface area contributed by atoms with Gasteiger partial charge in [-0.15, -0.1) is 11.3 Å². The van der Waals surface area contributed by atoms with Gasteiger partial charge in [-0.2, -0.15) is 0 Å². The van der Waals surface area contributed by atoms with Gasteiger partial charge >= 0.3 is 0 Å². The van der Waals surface area contributed by atoms with Gasteiger partial charge < -0.3 is 5.32 Å². The molecule has 1 N–H and O–H groups in total. The summed E-state index contributed by atoms with van der Waals surface area (Å²) in [5.41, 5.74) is 3.82. The molecule has 0 unspecified atom stereocenters. The number of aliphatic imine (C=N–C) groups is 1. The number of amides is 2. The summed E-state index contributed by atoms with van der Waals surface area (Å²) in [5.74, 6) is -1.03. The van der Waals surface area contributed by atoms with Crippen molar-refractivity contribution in [3.8, 4) is 0 Å². The quantitative estimate of drug-likeness (QED) is 0.603. The molecule has 0 spiro atoms. The average molecular weight is 456 g/mol. The molecule has 0 saturated heterocycles. The fourth-order valence-electron chi connectivity index (χ4n) is 3.41. The molecular formula is C23H19ClFN3O2S. The number of anilines is 2. The first kappa shape index (κ1) is 21.2. The van der Waals surface area contributed by atoms with Crippen LogP contribution < -0.4 is 10.2 Å². The highest BCUT2D eigenvalue weighted by Gasteiger charge is 2.30. The molecule has 1 aliphatic heterocycles. The van der Waals surface area contributed by atoms with E-state index in [2.05, 4.69) is 10.3 Å². The number of halogens is 2. The number of hydrogen-bond acceptors (Lipinski definition) is 4. The van der Waals surface area contributed by atoms with Crippen molar-refractivity contribution >= 4 is 51.2 Å². The summed E-state index contributed by atoms with van der Waals surface area (Å²) in [6.45, 7) is 3.72. The lowest BCUT2D eigenvalue weighted by atomic mass is 10.00. The second-order valence-corrected chi connectivity index (χ2v) is 8.81. The molecule has 0 bridgehead atoms. The Labute approximate surface area is 188 Å². The van der Waals surface area contributed by atoms with Crippen LogP contribution >= 0.6 is 22.9 Å². The van der Waals surface area contributed by atoms with Crippen LogP contribution in [0.3, 0.4) is 0 Å². The molecule has 158 valence electrons. The van der Waals surface area contributed by atoms with Crippen molar-refractivity contribution in [1.82, 2.24) is 0 Å². The summed E-state index contributed by atoms with van der Waals surface area (Å²) in [7, 11) is 0. The molecule has 5 nitrogen and oxygen atoms in total. The van der Waals surface area contributed by atoms with Crippen LogP contribution in [0.5, 0.6) is 0 Å². The monoisotopic (exact) mass is 455 g/mol. The number of carbonyl (C=O) groups excluding carboxylic acids is 2. The molecule has 2 aromatic carbocycles. The van der Waals surface area contributed by atoms with Crippen LogP contribution in [-0.4, -0.2) is 30.6 Å². The van der Waals surface area contributed by atoms with E-state index >= 15 is 0 Å². The van der Waals surface area contributed by atoms with Crippen LogP contribution in [0.25, 0.3) is 0 Å². The number of fused-ring (bicyclic) bond motifs is 1. The molecule has 1 aliphatic rings. The molecule has 0 radical (unpaired) electrons. The Balaban J connectivity index is 1.68. The predicted molar refractivity (Wildman–Crippen MR) is 123 cm³/mol. The van der Waals surface area contributed by atoms with Gasteiger partial charge in [-0.1, -0.05) is 23.7 Å². The highest BCUT2D eigenvalue weighted by Crippen LogP contribution is 2.38. The summed E-state index contributed by atoms with van der Waals surface area (Å²) in [6.07, 6.45) is 0. The second-order valence-electron chi connectivity index (χ2n) is 7.17. The van der Waals surface area contributed by atoms with Gasteiger partial charge in [0.1, 0.15) is 23.9 Å². The third-order valence-corrected chi connectivity index (χ3v) is 6.52. The predicted octanol–water partition coefficient (Wildman–Crippen LogP) is 4.98. The molecule has 0 atom stereocenters. The van der Waals surface area contributed by atoms with E-state index in [1.165, 1.54) is 40.5 Å². The number of benzene rings is 2. The summed E-state index contributed by atoms with van der Waals surface area (Å²) in [6, 6.07) is 12.8. The van der Waals surface area contributed by atoms with E-state index in [1.54, 1.807) is 6.07 Å². The van der Waals surface area contributed by atoms with Crippen molar-refractivity contribution in [2.45, 2.75) is 13.8 Å². The number of carbonyl (C=O) groups is 2. The Morgan fingerprint density at radius 3 is 2.68 bits per heavy atom. The normalized spacial score (nSPS) is 13.5. The first-order chi connectivity index (χ1) is 14.8. The Morgan fingerprint density at radius 2 is 1.97 bits per heavy atom. The van der Waals surface area contributed by atoms with Crippen molar-refractivity contribution in [3.63, 3.8) is 0 Å². The maximum absolute atomic E-state index is 13.1. The van der Waals surface area contributed by atoms with E-state index in [0.717, 1.165) is 21.6 Å². The fraction of sp³-hybridized carbons (Fsp3) is 0.174. The molecule has 2 heterocycles. The molecule has 1 aromatic heterocycles. The van der Waals surface area contributed by atoms with E-state index in [4.69, 9.17) is 11.6 Å². The number of nitrogens with one attached hydrogen (secondary N) is 1. The molecule has 0 saturated carbocycles. The minimum absolute atomic E-state index is 0.0778. The topological polar surface area (TPSA) is 61.8 Å². The first-order valence-corrected chi connectivity index (χ1v) is 10.8. The first-order valence-electron chi connectivity index (χ1n) is 9.60. The van der Waals surface area contributed by atoms with Crippen LogP contribution in [0.2, 0.25) is 5.02 Å². The van der Waals surface area contributed by atoms with Gasteiger partial charge in [0.2, 0.25) is 11.8 Å². The van der Waals surface area contributed by atoms with Crippen molar-refractivity contribution in [1.29, 1.82) is 0 Å². The molecule has 0 fully saturated rings. The van der Waals surface area contributed by atoms with E-state index in [-0.39, 0.29) is 30.7 Å². The van der Waals surface area contributed by atoms with E-state index in [0.29, 0.717) is 21.4 Å². The Morgan fingerprint density at radius 1 is 1.23 bits per heavy atom. The van der Waals surface area contributed by atoms with Crippen LogP contribution in [0.1, 0.15) is 21.6 Å². The smallest absolute Gasteiger partial charge is 0.249 e. The molecule has 31 heavy (non-hydrogen) atoms. The van der Waals surface area contributed by atoms with E-state index in [1.807, 2.05) is 32.0 Å². The summed E-state index contributed by atoms with van der Waals surface area (Å²) >= 11 is 7.64. The van der Waals surface area contributed by atoms with Gasteiger partial charge in [-0.05, 0) is 55.8 Å². The van der Waals surface area contributed by atoms with Crippen molar-refractivity contribution < 1.29 is 14.0 Å². The summed E-state index contributed by atoms with van der Waals surface area (Å²) in [5, 5.41) is 3.98. The Hall–Kier alpha value is -3.03. The van der Waals surface area contributed by atoms with Crippen LogP contribution in [0.4, 0.5) is 15.1 Å². The zero-order valence-electron chi connectivity index (χ0n) is 16.9. The van der Waals surface area contributed by atoms with Crippen LogP contribution in [-0.2, 0) is 9.59 Å². The summed E-state index contributed by atoms with van der Waals surface area (Å²) < 4.78 is 13.1. The lowest BCUT2D eigenvalue weighted by Crippen LogP contribution is -2.38. The number of nitrogens with zero attached hydrogens (tertiary/aromatic N) is 2. The Bertz CT molecular complexity index is 1200. The van der Waals surface area contributed by atoms with Gasteiger partial charge in [0.15, 0.2) is 0 Å². The maximum Gasteiger partial charge on any atom is 0.249 e. The van der Waals surface area contributed by atoms with Gasteiger partial charge in [-0.25, -0.2) is 4.39 Å². The molecular weight excluding hydrogens is 437 g/mol. The molecule has 8 heteroatoms. The minimum Gasteiger partial charge on any atom is -0.325 e. The maximum atomic E-state index is 13.1. The molecule has 0 aliphatic carbocycles. The van der Waals surface area contributed by atoms with Crippen LogP contribution in [0, 0.1) is 19.7 Å². The average Bonchev–Trinajstić information content (AvgIpc) is 2.95. The lowest BCUT2D eigenvalue weighted by Gasteiger charge is -2.20. The number of aryl methyl sites for hydroxylation is 1. The zero-order chi connectivity index (χ0) is 22.1. The SMILES string of the molecule is Cc1sc2c(c1C)C(c1cccc(Cl)c1)=NCC(=O)N2CC(=O)Nc1ccc(F)cc1. The number of hydrogen-bond donors (Lipinski definition) is 1. The molecule has 4 rings (SSSR count). The third-order valence-electron chi connectivity index (χ3n) is 5.05. The highest BCUT2D eigenvalue weighted by molar-refractivity contribution is 7.17. The zero-order valence-corrected chi connectivity index (χ0v) is 18.5. The minimum atomic E-state index is -0.388. The third kappa shape index (κ3) is 4.38. The standard InChI is InChI=1S/C23H19ClFN3O2S/c1-13-14(2)31-23-21(13)22(15-4-3-5-16(24)10-15)26-11-20(30)28(23)12-19(29)27-18-8-6-17(25)7-9-18/h3-10H,11-12H2,1-2H3,(H,27,29). The second kappa shape index (κ2) is 8.61. The highest BCUT2D eigenvalue weighted by atomic mass is 35.5. The Kier molecular flexibility index (Phi) is 5.89. The van der Waals surface area contributed by atoms with E-state index < -0.39 is 0 Å². The molecule has 3 aromatic rings. The van der Waals surface area contributed by atoms with Crippen molar-refractivity contribution in [3.05, 3.63) is 80.9 Å². The number of rotatable bonds is 4. The van der Waals surface area contributed by atoms with Gasteiger partial charge in [0.05, 0.1) is 5.71 Å². The van der Waals surface area contributed by atoms with E-state index in [9.17, 15) is 14.0 Å².